The molecular weight excluding hydrogens is 1070 g/mol. The minimum Gasteiger partial charge on any atom is -0.495 e. The Hall–Kier alpha value is -6.48. The lowest BCUT2D eigenvalue weighted by atomic mass is 9.78. The molecule has 5 rings (SSSR count). The predicted molar refractivity (Wildman–Crippen MR) is 302 cm³/mol. The van der Waals surface area contributed by atoms with Crippen LogP contribution in [0.15, 0.2) is 60.2 Å². The molecule has 3 aliphatic rings. The first-order valence-corrected chi connectivity index (χ1v) is 28.0. The topological polar surface area (TPSA) is 280 Å². The van der Waals surface area contributed by atoms with Gasteiger partial charge in [0.05, 0.1) is 37.8 Å². The summed E-state index contributed by atoms with van der Waals surface area (Å²) in [6, 6.07) is 6.77. The number of likely N-dealkylation sites (N-methyl/N-ethyl adjacent to an activating group) is 1. The predicted octanol–water partition coefficient (Wildman–Crippen LogP) is 6.50. The Labute approximate surface area is 480 Å². The van der Waals surface area contributed by atoms with Crippen LogP contribution in [0.5, 0.6) is 5.75 Å². The second-order valence-electron chi connectivity index (χ2n) is 22.5. The molecule has 5 amide bonds. The van der Waals surface area contributed by atoms with E-state index >= 15 is 0 Å². The number of unbranched alkanes of at least 4 members (excludes halogenated alkanes) is 1. The van der Waals surface area contributed by atoms with Crippen molar-refractivity contribution in [1.82, 2.24) is 15.5 Å². The summed E-state index contributed by atoms with van der Waals surface area (Å²) in [5.74, 6) is -4.67. The summed E-state index contributed by atoms with van der Waals surface area (Å²) < 4.78 is 29.8. The molecule has 0 aliphatic carbocycles. The number of amides is 5. The van der Waals surface area contributed by atoms with Crippen LogP contribution in [0.2, 0.25) is 5.02 Å². The van der Waals surface area contributed by atoms with Crippen molar-refractivity contribution in [3.63, 3.8) is 0 Å². The molecule has 0 aromatic heterocycles. The maximum absolute atomic E-state index is 14.5. The summed E-state index contributed by atoms with van der Waals surface area (Å²) in [6.07, 6.45) is 3.19. The molecule has 10 atom stereocenters. The van der Waals surface area contributed by atoms with Gasteiger partial charge < -0.3 is 59.8 Å². The second kappa shape index (κ2) is 29.0. The molecule has 5 N–H and O–H groups in total. The summed E-state index contributed by atoms with van der Waals surface area (Å²) in [5.41, 5.74) is 4.95. The minimum atomic E-state index is -1.65. The lowest BCUT2D eigenvalue weighted by Gasteiger charge is -2.41. The van der Waals surface area contributed by atoms with E-state index in [0.717, 1.165) is 11.1 Å². The van der Waals surface area contributed by atoms with Crippen LogP contribution >= 0.6 is 11.6 Å². The molecule has 2 aromatic carbocycles. The number of hydrogen-bond acceptors (Lipinski definition) is 15. The number of epoxide rings is 1. The van der Waals surface area contributed by atoms with Crippen molar-refractivity contribution < 1.29 is 71.9 Å². The molecule has 2 fully saturated rings. The lowest BCUT2D eigenvalue weighted by molar-refractivity contribution is -0.187. The molecule has 4 bridgehead atoms. The molecule has 21 heteroatoms. The highest BCUT2D eigenvalue weighted by Gasteiger charge is 2.64. The van der Waals surface area contributed by atoms with Crippen molar-refractivity contribution in [2.24, 2.45) is 23.5 Å². The van der Waals surface area contributed by atoms with E-state index in [1.165, 1.54) is 57.0 Å². The van der Waals surface area contributed by atoms with E-state index in [-0.39, 0.29) is 78.9 Å². The number of nitrogens with one attached hydrogen (secondary N) is 2. The largest absolute Gasteiger partial charge is 0.495 e. The molecule has 444 valence electrons. The zero-order chi connectivity index (χ0) is 60.1. The van der Waals surface area contributed by atoms with Crippen molar-refractivity contribution in [2.45, 2.75) is 173 Å². The Kier molecular flexibility index (Phi) is 23.4. The van der Waals surface area contributed by atoms with Crippen molar-refractivity contribution in [3.05, 3.63) is 81.9 Å². The Morgan fingerprint density at radius 1 is 1.01 bits per heavy atom. The number of hydrogen-bond donors (Lipinski definition) is 4. The number of ketones is 3. The van der Waals surface area contributed by atoms with Crippen molar-refractivity contribution in [1.29, 1.82) is 0 Å². The summed E-state index contributed by atoms with van der Waals surface area (Å²) in [5, 5.41) is 17.5. The van der Waals surface area contributed by atoms with Crippen LogP contribution in [-0.4, -0.2) is 146 Å². The first-order chi connectivity index (χ1) is 38.1. The van der Waals surface area contributed by atoms with Gasteiger partial charge in [-0.2, -0.15) is 0 Å². The van der Waals surface area contributed by atoms with E-state index in [9.17, 15) is 48.3 Å². The van der Waals surface area contributed by atoms with Crippen LogP contribution in [0.4, 0.5) is 10.5 Å². The molecule has 3 heterocycles. The van der Waals surface area contributed by atoms with E-state index in [4.69, 9.17) is 41.0 Å². The standard InChI is InChI=1S/C60H82ClN5O15/c1-34(2)43(30-42(68)18-13-12-17-36(4)67)55(72)64-44(19-15-25-63-58(62)75)46(69)28-39-21-23-41(24-22-39)56(73)65(8)38(6)57(74)80-50-31-51(70)66(9)45-27-40(29-47(77-10)53(45)61)26-35(3)16-14-20-49(78-11)60(76)32-48(79-52(71)33-60)37(5)54-59(50,7)81-54/h14,16,20-24,27,29,34,37-38,43-44,48-50,54,76H,12-13,15,17-19,25-26,28,30-33H2,1-11H3,(H,64,72)(H3,62,63,75)/b20-14+,35-16+/t37-,38+,43+,44+,48+,49-,50+,54+,59+,60-/m1/s1. The molecule has 0 saturated carbocycles. The number of benzene rings is 2. The maximum Gasteiger partial charge on any atom is 0.328 e. The van der Waals surface area contributed by atoms with Crippen LogP contribution < -0.4 is 26.0 Å². The fourth-order valence-electron chi connectivity index (χ4n) is 10.5. The van der Waals surface area contributed by atoms with Gasteiger partial charge >= 0.3 is 18.0 Å². The van der Waals surface area contributed by atoms with Gasteiger partial charge in [-0.15, -0.1) is 0 Å². The Bertz CT molecular complexity index is 2710. The first-order valence-electron chi connectivity index (χ1n) is 27.7. The Balaban J connectivity index is 1.34. The molecule has 0 radical (unpaired) electrons. The number of rotatable bonds is 23. The van der Waals surface area contributed by atoms with Gasteiger partial charge in [-0.3, -0.25) is 28.8 Å². The van der Waals surface area contributed by atoms with E-state index in [1.807, 2.05) is 26.8 Å². The Morgan fingerprint density at radius 3 is 2.32 bits per heavy atom. The summed E-state index contributed by atoms with van der Waals surface area (Å²) >= 11 is 6.85. The first kappa shape index (κ1) is 65.3. The number of carbonyl (C=O) groups excluding carboxylic acids is 9. The second-order valence-corrected chi connectivity index (χ2v) is 22.8. The van der Waals surface area contributed by atoms with Crippen LogP contribution in [0.25, 0.3) is 0 Å². The summed E-state index contributed by atoms with van der Waals surface area (Å²) in [7, 11) is 5.87. The average molecular weight is 1150 g/mol. The number of methoxy groups -OCH3 is 2. The highest BCUT2D eigenvalue weighted by Crippen LogP contribution is 2.50. The number of urea groups is 1. The molecule has 2 saturated heterocycles. The fraction of sp³-hybridized carbons (Fsp3) is 0.583. The molecule has 20 nitrogen and oxygen atoms in total. The minimum absolute atomic E-state index is 0.00925. The molecule has 2 aromatic rings. The third kappa shape index (κ3) is 17.5. The molecule has 81 heavy (non-hydrogen) atoms. The van der Waals surface area contributed by atoms with Gasteiger partial charge in [0.1, 0.15) is 57.9 Å². The van der Waals surface area contributed by atoms with E-state index in [1.54, 1.807) is 57.3 Å². The third-order valence-electron chi connectivity index (χ3n) is 15.8. The van der Waals surface area contributed by atoms with E-state index in [0.29, 0.717) is 49.1 Å². The molecule has 3 aliphatic heterocycles. The number of primary amides is 1. The van der Waals surface area contributed by atoms with Gasteiger partial charge in [0.2, 0.25) is 11.8 Å². The third-order valence-corrected chi connectivity index (χ3v) is 16.2. The zero-order valence-electron chi connectivity index (χ0n) is 48.6. The summed E-state index contributed by atoms with van der Waals surface area (Å²) in [4.78, 5) is 122. The molecule has 0 spiro atoms. The number of ether oxygens (including phenoxy) is 5. The SMILES string of the molecule is COc1cc2cc(c1Cl)N(C)C(=O)C[C@H](OC(=O)[C@H](C)N(C)C(=O)c1ccc(CC(=O)[C@H](CCCNC(N)=O)NC(=O)[C@@H](CC(=O)CCCCC(C)=O)C(C)C)cc1)[C@]1(C)O[C@H]1[C@H](C)[C@@H]1C[C@@](O)(CC(=O)O1)[C@H](OC)/C=C/C=C(\C)C2. The number of nitrogens with two attached hydrogens (primary N) is 1. The molecule has 0 unspecified atom stereocenters. The van der Waals surface area contributed by atoms with Crippen molar-refractivity contribution in [3.8, 4) is 5.75 Å². The van der Waals surface area contributed by atoms with Crippen molar-refractivity contribution >= 4 is 70.3 Å². The summed E-state index contributed by atoms with van der Waals surface area (Å²) in [6.45, 7) is 12.1. The van der Waals surface area contributed by atoms with Crippen LogP contribution in [0, 0.1) is 17.8 Å². The van der Waals surface area contributed by atoms with Crippen molar-refractivity contribution in [2.75, 3.05) is 39.8 Å². The van der Waals surface area contributed by atoms with Gasteiger partial charge in [-0.1, -0.05) is 68.3 Å². The number of nitrogens with zero attached hydrogens (tertiary/aromatic N) is 2. The number of carbonyl (C=O) groups is 9. The van der Waals surface area contributed by atoms with Gasteiger partial charge in [-0.25, -0.2) is 9.59 Å². The highest BCUT2D eigenvalue weighted by atomic mass is 35.5. The van der Waals surface area contributed by atoms with Gasteiger partial charge in [0.15, 0.2) is 5.78 Å². The number of anilines is 1. The number of esters is 2. The van der Waals surface area contributed by atoms with Crippen LogP contribution in [0.1, 0.15) is 134 Å². The normalized spacial score (nSPS) is 25.1. The van der Waals surface area contributed by atoms with Crippen LogP contribution in [0.3, 0.4) is 0 Å². The Morgan fingerprint density at radius 2 is 1.69 bits per heavy atom. The van der Waals surface area contributed by atoms with Crippen LogP contribution in [-0.2, 0) is 65.4 Å². The van der Waals surface area contributed by atoms with Gasteiger partial charge in [-0.05, 0) is 101 Å². The quantitative estimate of drug-likeness (QED) is 0.0525. The van der Waals surface area contributed by atoms with Gasteiger partial charge in [0.25, 0.3) is 5.91 Å². The van der Waals surface area contributed by atoms with E-state index < -0.39 is 102 Å². The zero-order valence-corrected chi connectivity index (χ0v) is 49.4. The van der Waals surface area contributed by atoms with Gasteiger partial charge in [0, 0.05) is 77.3 Å². The lowest BCUT2D eigenvalue weighted by Crippen LogP contribution is -2.53. The number of aliphatic hydroxyl groups is 1. The number of allylic oxidation sites excluding steroid dienone is 3. The molecular formula is C60H82ClN5O15. The number of Topliss-reactive ketones (excluding diaryl/α,β-unsaturated/α-hetero) is 3. The van der Waals surface area contributed by atoms with E-state index in [2.05, 4.69) is 10.6 Å². The average Bonchev–Trinajstić information content (AvgIpc) is 4.32. The fourth-order valence-corrected chi connectivity index (χ4v) is 10.8. The smallest absolute Gasteiger partial charge is 0.328 e. The monoisotopic (exact) mass is 1150 g/mol. The highest BCUT2D eigenvalue weighted by molar-refractivity contribution is 6.35. The number of fused-ring (bicyclic) bond motifs is 5. The number of halogens is 1. The maximum atomic E-state index is 14.5.